The summed E-state index contributed by atoms with van der Waals surface area (Å²) >= 11 is 0. The minimum Gasteiger partial charge on any atom is -0.488 e. The second-order valence-electron chi connectivity index (χ2n) is 6.22. The molecule has 2 N–H and O–H groups in total. The Hall–Kier alpha value is -1.55. The zero-order valence-electron chi connectivity index (χ0n) is 12.6. The van der Waals surface area contributed by atoms with Crippen LogP contribution in [0.25, 0.3) is 0 Å². The highest BCUT2D eigenvalue weighted by atomic mass is 16.5. The van der Waals surface area contributed by atoms with Crippen molar-refractivity contribution in [1.82, 2.24) is 5.32 Å². The fourth-order valence-corrected chi connectivity index (χ4v) is 2.98. The summed E-state index contributed by atoms with van der Waals surface area (Å²) in [5.74, 6) is 1.37. The lowest BCUT2D eigenvalue weighted by Gasteiger charge is -2.31. The first kappa shape index (κ1) is 14.4. The van der Waals surface area contributed by atoms with Crippen molar-refractivity contribution >= 4 is 11.6 Å². The van der Waals surface area contributed by atoms with E-state index in [1.807, 2.05) is 31.2 Å². The molecule has 1 aliphatic heterocycles. The molecule has 0 spiro atoms. The maximum atomic E-state index is 12.3. The number of anilines is 1. The summed E-state index contributed by atoms with van der Waals surface area (Å²) in [6.07, 6.45) is 5.02. The smallest absolute Gasteiger partial charge is 0.227 e. The Balaban J connectivity index is 1.64. The van der Waals surface area contributed by atoms with Crippen LogP contribution in [0.5, 0.6) is 5.75 Å². The quantitative estimate of drug-likeness (QED) is 0.876. The van der Waals surface area contributed by atoms with Crippen molar-refractivity contribution < 1.29 is 9.53 Å². The van der Waals surface area contributed by atoms with E-state index in [4.69, 9.17) is 4.74 Å². The molecule has 21 heavy (non-hydrogen) atoms. The van der Waals surface area contributed by atoms with Crippen LogP contribution in [0.15, 0.2) is 24.3 Å². The highest BCUT2D eigenvalue weighted by Crippen LogP contribution is 2.30. The molecule has 1 saturated carbocycles. The minimum atomic E-state index is 0.0331. The van der Waals surface area contributed by atoms with Gasteiger partial charge in [-0.2, -0.15) is 0 Å². The maximum absolute atomic E-state index is 12.3. The number of hydrogen-bond donors (Lipinski definition) is 2. The van der Waals surface area contributed by atoms with Crippen molar-refractivity contribution in [2.24, 2.45) is 11.8 Å². The van der Waals surface area contributed by atoms with E-state index >= 15 is 0 Å². The van der Waals surface area contributed by atoms with Crippen molar-refractivity contribution in [1.29, 1.82) is 0 Å². The zero-order chi connectivity index (χ0) is 14.7. The van der Waals surface area contributed by atoms with Gasteiger partial charge in [0.1, 0.15) is 5.75 Å². The lowest BCUT2D eigenvalue weighted by Crippen LogP contribution is -2.48. The van der Waals surface area contributed by atoms with Crippen molar-refractivity contribution in [3.8, 4) is 5.75 Å². The van der Waals surface area contributed by atoms with Crippen LogP contribution in [0.2, 0.25) is 0 Å². The molecule has 1 atom stereocenters. The van der Waals surface area contributed by atoms with Gasteiger partial charge >= 0.3 is 0 Å². The van der Waals surface area contributed by atoms with Crippen LogP contribution in [0.1, 0.15) is 32.6 Å². The Morgan fingerprint density at radius 3 is 2.67 bits per heavy atom. The number of carbonyl (C=O) groups excluding carboxylic acids is 1. The van der Waals surface area contributed by atoms with Crippen LogP contribution < -0.4 is 15.4 Å². The Morgan fingerprint density at radius 2 is 2.00 bits per heavy atom. The van der Waals surface area contributed by atoms with E-state index in [9.17, 15) is 4.79 Å². The molecule has 2 aliphatic rings. The number of rotatable bonds is 5. The molecule has 1 heterocycles. The summed E-state index contributed by atoms with van der Waals surface area (Å²) in [6, 6.07) is 7.77. The van der Waals surface area contributed by atoms with Crippen LogP contribution in [0.4, 0.5) is 5.69 Å². The van der Waals surface area contributed by atoms with Crippen LogP contribution in [0.3, 0.4) is 0 Å². The van der Waals surface area contributed by atoms with Gasteiger partial charge in [-0.15, -0.1) is 0 Å². The van der Waals surface area contributed by atoms with Crippen molar-refractivity contribution in [2.75, 3.05) is 18.4 Å². The van der Waals surface area contributed by atoms with E-state index in [1.165, 1.54) is 12.8 Å². The predicted molar refractivity (Wildman–Crippen MR) is 83.5 cm³/mol. The first-order valence-electron chi connectivity index (χ1n) is 8.01. The largest absolute Gasteiger partial charge is 0.488 e. The van der Waals surface area contributed by atoms with Crippen molar-refractivity contribution in [2.45, 2.75) is 38.7 Å². The molecule has 4 nitrogen and oxygen atoms in total. The summed E-state index contributed by atoms with van der Waals surface area (Å²) < 4.78 is 6.06. The van der Waals surface area contributed by atoms with E-state index in [2.05, 4.69) is 10.6 Å². The molecular weight excluding hydrogens is 264 g/mol. The molecule has 2 fully saturated rings. The van der Waals surface area contributed by atoms with Crippen molar-refractivity contribution in [3.63, 3.8) is 0 Å². The van der Waals surface area contributed by atoms with E-state index in [0.717, 1.165) is 37.4 Å². The molecular formula is C17H24N2O2. The average Bonchev–Trinajstić information content (AvgIpc) is 2.92. The highest BCUT2D eigenvalue weighted by Gasteiger charge is 2.29. The van der Waals surface area contributed by atoms with Gasteiger partial charge in [0.25, 0.3) is 0 Å². The Labute approximate surface area is 126 Å². The van der Waals surface area contributed by atoms with Gasteiger partial charge in [-0.1, -0.05) is 19.1 Å². The highest BCUT2D eigenvalue weighted by molar-refractivity contribution is 5.94. The number of hydrogen-bond acceptors (Lipinski definition) is 3. The van der Waals surface area contributed by atoms with Gasteiger partial charge in [-0.05, 0) is 56.8 Å². The molecule has 1 amide bonds. The molecule has 0 bridgehead atoms. The van der Waals surface area contributed by atoms with Crippen LogP contribution >= 0.6 is 0 Å². The van der Waals surface area contributed by atoms with E-state index in [1.54, 1.807) is 0 Å². The van der Waals surface area contributed by atoms with Gasteiger partial charge in [0.2, 0.25) is 5.91 Å². The molecule has 1 unspecified atom stereocenters. The summed E-state index contributed by atoms with van der Waals surface area (Å²) in [4.78, 5) is 12.3. The standard InChI is InChI=1S/C17H24N2O2/c1-12(13-10-18-11-13)17(20)19-15-8-4-5-9-16(15)21-14-6-2-3-7-14/h4-5,8-9,12-14,18H,2-3,6-7,10-11H2,1H3,(H,19,20). The number of para-hydroxylation sites is 2. The second kappa shape index (κ2) is 6.48. The fourth-order valence-electron chi connectivity index (χ4n) is 2.98. The van der Waals surface area contributed by atoms with Crippen molar-refractivity contribution in [3.05, 3.63) is 24.3 Å². The Morgan fingerprint density at radius 1 is 1.29 bits per heavy atom. The second-order valence-corrected chi connectivity index (χ2v) is 6.22. The lowest BCUT2D eigenvalue weighted by atomic mass is 9.88. The number of benzene rings is 1. The molecule has 4 heteroatoms. The minimum absolute atomic E-state index is 0.0331. The van der Waals surface area contributed by atoms with Gasteiger partial charge < -0.3 is 15.4 Å². The van der Waals surface area contributed by atoms with E-state index in [-0.39, 0.29) is 11.8 Å². The van der Waals surface area contributed by atoms with Gasteiger partial charge in [-0.25, -0.2) is 0 Å². The summed E-state index contributed by atoms with van der Waals surface area (Å²) in [5.41, 5.74) is 0.800. The van der Waals surface area contributed by atoms with Gasteiger partial charge in [0.05, 0.1) is 11.8 Å². The lowest BCUT2D eigenvalue weighted by molar-refractivity contribution is -0.121. The normalized spacial score (nSPS) is 20.8. The molecule has 0 aromatic heterocycles. The summed E-state index contributed by atoms with van der Waals surface area (Å²) in [7, 11) is 0. The number of ether oxygens (including phenoxy) is 1. The fraction of sp³-hybridized carbons (Fsp3) is 0.588. The monoisotopic (exact) mass is 288 g/mol. The third kappa shape index (κ3) is 3.38. The van der Waals surface area contributed by atoms with E-state index in [0.29, 0.717) is 12.0 Å². The predicted octanol–water partition coefficient (Wildman–Crippen LogP) is 2.80. The SMILES string of the molecule is CC(C(=O)Nc1ccccc1OC1CCCC1)C1CNC1. The summed E-state index contributed by atoms with van der Waals surface area (Å²) in [6.45, 7) is 3.88. The molecule has 3 rings (SSSR count). The molecule has 0 radical (unpaired) electrons. The molecule has 1 saturated heterocycles. The molecule has 1 aliphatic carbocycles. The molecule has 114 valence electrons. The summed E-state index contributed by atoms with van der Waals surface area (Å²) in [5, 5.41) is 6.26. The third-order valence-corrected chi connectivity index (χ3v) is 4.67. The number of amides is 1. The first-order chi connectivity index (χ1) is 10.2. The number of carbonyl (C=O) groups is 1. The zero-order valence-corrected chi connectivity index (χ0v) is 12.6. The first-order valence-corrected chi connectivity index (χ1v) is 8.01. The van der Waals surface area contributed by atoms with Crippen LogP contribution in [-0.4, -0.2) is 25.1 Å². The van der Waals surface area contributed by atoms with Gasteiger partial charge in [-0.3, -0.25) is 4.79 Å². The average molecular weight is 288 g/mol. The third-order valence-electron chi connectivity index (χ3n) is 4.67. The molecule has 1 aromatic rings. The molecule has 1 aromatic carbocycles. The van der Waals surface area contributed by atoms with Gasteiger partial charge in [0.15, 0.2) is 0 Å². The maximum Gasteiger partial charge on any atom is 0.227 e. The van der Waals surface area contributed by atoms with Gasteiger partial charge in [0, 0.05) is 5.92 Å². The van der Waals surface area contributed by atoms with Crippen LogP contribution in [0, 0.1) is 11.8 Å². The Kier molecular flexibility index (Phi) is 4.44. The Bertz CT molecular complexity index is 493. The van der Waals surface area contributed by atoms with Crippen LogP contribution in [-0.2, 0) is 4.79 Å². The number of nitrogens with one attached hydrogen (secondary N) is 2. The van der Waals surface area contributed by atoms with E-state index < -0.39 is 0 Å². The topological polar surface area (TPSA) is 50.4 Å².